The van der Waals surface area contributed by atoms with Gasteiger partial charge in [-0.25, -0.2) is 0 Å². The summed E-state index contributed by atoms with van der Waals surface area (Å²) in [6.07, 6.45) is 2.97. The Balaban J connectivity index is 3.60. The van der Waals surface area contributed by atoms with Gasteiger partial charge in [-0.1, -0.05) is 6.42 Å². The second-order valence-corrected chi connectivity index (χ2v) is 4.86. The molecule has 0 saturated heterocycles. The summed E-state index contributed by atoms with van der Waals surface area (Å²) in [5.41, 5.74) is -0.223. The van der Waals surface area contributed by atoms with Gasteiger partial charge in [0.15, 0.2) is 0 Å². The van der Waals surface area contributed by atoms with Crippen LogP contribution in [0.5, 0.6) is 0 Å². The van der Waals surface area contributed by atoms with Crippen LogP contribution in [0.1, 0.15) is 33.1 Å². The molecule has 4 heteroatoms. The van der Waals surface area contributed by atoms with Crippen LogP contribution in [0.4, 0.5) is 0 Å². The van der Waals surface area contributed by atoms with Crippen LogP contribution < -0.4 is 5.32 Å². The van der Waals surface area contributed by atoms with E-state index in [4.69, 9.17) is 5.26 Å². The number of carbonyl (C=O) groups excluding carboxylic acids is 1. The molecule has 0 aliphatic heterocycles. The third kappa shape index (κ3) is 7.24. The molecule has 0 spiro atoms. The monoisotopic (exact) mass is 225 g/mol. The Kier molecular flexibility index (Phi) is 6.75. The van der Waals surface area contributed by atoms with E-state index in [0.29, 0.717) is 6.54 Å². The van der Waals surface area contributed by atoms with Crippen LogP contribution in [0.15, 0.2) is 0 Å². The standard InChI is InChI=1S/C12H23N3O/c1-12(2,10-13)7-5-6-8-15(4)9-11(16)14-3/h5-9H2,1-4H3,(H,14,16). The lowest BCUT2D eigenvalue weighted by Crippen LogP contribution is -2.33. The number of carbonyl (C=O) groups is 1. The van der Waals surface area contributed by atoms with Crippen molar-refractivity contribution in [1.29, 1.82) is 5.26 Å². The first-order chi connectivity index (χ1) is 7.41. The van der Waals surface area contributed by atoms with Crippen LogP contribution in [0, 0.1) is 16.7 Å². The summed E-state index contributed by atoms with van der Waals surface area (Å²) < 4.78 is 0. The Hall–Kier alpha value is -1.08. The van der Waals surface area contributed by atoms with Gasteiger partial charge in [0.2, 0.25) is 5.91 Å². The molecular formula is C12H23N3O. The van der Waals surface area contributed by atoms with Crippen LogP contribution >= 0.6 is 0 Å². The maximum atomic E-state index is 11.1. The number of nitrogens with one attached hydrogen (secondary N) is 1. The topological polar surface area (TPSA) is 56.1 Å². The summed E-state index contributed by atoms with van der Waals surface area (Å²) in [6.45, 7) is 5.26. The van der Waals surface area contributed by atoms with Gasteiger partial charge >= 0.3 is 0 Å². The summed E-state index contributed by atoms with van der Waals surface area (Å²) in [4.78, 5) is 13.1. The largest absolute Gasteiger partial charge is 0.358 e. The first-order valence-corrected chi connectivity index (χ1v) is 5.71. The second-order valence-electron chi connectivity index (χ2n) is 4.86. The van der Waals surface area contributed by atoms with Crippen LogP contribution in [-0.2, 0) is 4.79 Å². The minimum absolute atomic E-state index is 0.0415. The predicted molar refractivity (Wildman–Crippen MR) is 64.8 cm³/mol. The average Bonchev–Trinajstić information content (AvgIpc) is 2.24. The molecule has 0 unspecified atom stereocenters. The number of likely N-dealkylation sites (N-methyl/N-ethyl adjacent to an activating group) is 2. The number of hydrogen-bond donors (Lipinski definition) is 1. The van der Waals surface area contributed by atoms with Crippen molar-refractivity contribution in [3.8, 4) is 6.07 Å². The summed E-state index contributed by atoms with van der Waals surface area (Å²) in [7, 11) is 3.58. The molecule has 0 bridgehead atoms. The van der Waals surface area contributed by atoms with Gasteiger partial charge in [-0.2, -0.15) is 5.26 Å². The van der Waals surface area contributed by atoms with Crippen molar-refractivity contribution in [3.63, 3.8) is 0 Å². The molecule has 1 N–H and O–H groups in total. The highest BCUT2D eigenvalue weighted by molar-refractivity contribution is 5.77. The molecule has 0 rings (SSSR count). The zero-order chi connectivity index (χ0) is 12.6. The molecule has 0 aliphatic rings. The van der Waals surface area contributed by atoms with Gasteiger partial charge in [0.05, 0.1) is 18.0 Å². The summed E-state index contributed by atoms with van der Waals surface area (Å²) in [6, 6.07) is 2.29. The zero-order valence-corrected chi connectivity index (χ0v) is 10.8. The van der Waals surface area contributed by atoms with Crippen LogP contribution in [0.2, 0.25) is 0 Å². The molecule has 16 heavy (non-hydrogen) atoms. The van der Waals surface area contributed by atoms with E-state index in [9.17, 15) is 4.79 Å². The Morgan fingerprint density at radius 3 is 2.56 bits per heavy atom. The maximum Gasteiger partial charge on any atom is 0.233 e. The first-order valence-electron chi connectivity index (χ1n) is 5.71. The molecule has 4 nitrogen and oxygen atoms in total. The molecular weight excluding hydrogens is 202 g/mol. The fraction of sp³-hybridized carbons (Fsp3) is 0.833. The Bertz CT molecular complexity index is 255. The van der Waals surface area contributed by atoms with Gasteiger partial charge in [0.25, 0.3) is 0 Å². The number of nitrogens with zero attached hydrogens (tertiary/aromatic N) is 2. The number of amides is 1. The highest BCUT2D eigenvalue weighted by atomic mass is 16.1. The quantitative estimate of drug-likeness (QED) is 0.666. The van der Waals surface area contributed by atoms with Crippen molar-refractivity contribution in [2.45, 2.75) is 33.1 Å². The van der Waals surface area contributed by atoms with Crippen molar-refractivity contribution in [2.24, 2.45) is 5.41 Å². The SMILES string of the molecule is CNC(=O)CN(C)CCCCC(C)(C)C#N. The van der Waals surface area contributed by atoms with Gasteiger partial charge < -0.3 is 5.32 Å². The third-order valence-electron chi connectivity index (χ3n) is 2.59. The second kappa shape index (κ2) is 7.24. The minimum Gasteiger partial charge on any atom is -0.358 e. The fourth-order valence-electron chi connectivity index (χ4n) is 1.41. The smallest absolute Gasteiger partial charge is 0.233 e. The summed E-state index contributed by atoms with van der Waals surface area (Å²) >= 11 is 0. The van der Waals surface area contributed by atoms with Crippen molar-refractivity contribution >= 4 is 5.91 Å². The maximum absolute atomic E-state index is 11.1. The molecule has 0 aromatic rings. The van der Waals surface area contributed by atoms with Crippen LogP contribution in [0.3, 0.4) is 0 Å². The third-order valence-corrected chi connectivity index (χ3v) is 2.59. The molecule has 1 amide bonds. The highest BCUT2D eigenvalue weighted by Crippen LogP contribution is 2.21. The molecule has 0 fully saturated rings. The molecule has 92 valence electrons. The molecule has 0 radical (unpaired) electrons. The van der Waals surface area contributed by atoms with Crippen LogP contribution in [0.25, 0.3) is 0 Å². The van der Waals surface area contributed by atoms with Crippen molar-refractivity contribution in [1.82, 2.24) is 10.2 Å². The lowest BCUT2D eigenvalue weighted by molar-refractivity contribution is -0.121. The molecule has 0 atom stereocenters. The molecule has 0 aliphatic carbocycles. The van der Waals surface area contributed by atoms with Gasteiger partial charge in [-0.05, 0) is 40.3 Å². The first kappa shape index (κ1) is 14.9. The van der Waals surface area contributed by atoms with Gasteiger partial charge in [0.1, 0.15) is 0 Å². The Morgan fingerprint density at radius 1 is 1.44 bits per heavy atom. The number of hydrogen-bond acceptors (Lipinski definition) is 3. The van der Waals surface area contributed by atoms with Crippen LogP contribution in [-0.4, -0.2) is 38.0 Å². The number of rotatable bonds is 7. The molecule has 0 aromatic carbocycles. The normalized spacial score (nSPS) is 11.2. The van der Waals surface area contributed by atoms with E-state index in [1.807, 2.05) is 25.8 Å². The number of nitriles is 1. The molecule has 0 heterocycles. The number of unbranched alkanes of at least 4 members (excludes halogenated alkanes) is 1. The van der Waals surface area contributed by atoms with E-state index in [1.165, 1.54) is 0 Å². The lowest BCUT2D eigenvalue weighted by Gasteiger charge is -2.17. The van der Waals surface area contributed by atoms with E-state index in [-0.39, 0.29) is 11.3 Å². The van der Waals surface area contributed by atoms with E-state index >= 15 is 0 Å². The Labute approximate surface area is 98.6 Å². The summed E-state index contributed by atoms with van der Waals surface area (Å²) in [5.74, 6) is 0.0415. The minimum atomic E-state index is -0.223. The predicted octanol–water partition coefficient (Wildman–Crippen LogP) is 1.38. The zero-order valence-electron chi connectivity index (χ0n) is 10.8. The van der Waals surface area contributed by atoms with E-state index < -0.39 is 0 Å². The van der Waals surface area contributed by atoms with E-state index in [0.717, 1.165) is 25.8 Å². The average molecular weight is 225 g/mol. The molecule has 0 saturated carbocycles. The van der Waals surface area contributed by atoms with Gasteiger partial charge in [-0.15, -0.1) is 0 Å². The Morgan fingerprint density at radius 2 is 2.06 bits per heavy atom. The van der Waals surface area contributed by atoms with Crippen molar-refractivity contribution in [2.75, 3.05) is 27.2 Å². The van der Waals surface area contributed by atoms with Crippen molar-refractivity contribution in [3.05, 3.63) is 0 Å². The van der Waals surface area contributed by atoms with E-state index in [1.54, 1.807) is 7.05 Å². The van der Waals surface area contributed by atoms with Crippen molar-refractivity contribution < 1.29 is 4.79 Å². The fourth-order valence-corrected chi connectivity index (χ4v) is 1.41. The van der Waals surface area contributed by atoms with Gasteiger partial charge in [-0.3, -0.25) is 9.69 Å². The van der Waals surface area contributed by atoms with E-state index in [2.05, 4.69) is 11.4 Å². The summed E-state index contributed by atoms with van der Waals surface area (Å²) in [5, 5.41) is 11.4. The molecule has 0 aromatic heterocycles. The highest BCUT2D eigenvalue weighted by Gasteiger charge is 2.15. The lowest BCUT2D eigenvalue weighted by atomic mass is 9.89. The van der Waals surface area contributed by atoms with Gasteiger partial charge in [0, 0.05) is 7.05 Å².